The maximum absolute atomic E-state index is 13.7. The summed E-state index contributed by atoms with van der Waals surface area (Å²) in [6.07, 6.45) is 1.78. The number of nitrogens with zero attached hydrogens (tertiary/aromatic N) is 1. The molecule has 0 bridgehead atoms. The van der Waals surface area contributed by atoms with Crippen LogP contribution in [-0.4, -0.2) is 4.57 Å². The molecular formula is C14H9F2N. The predicted molar refractivity (Wildman–Crippen MR) is 63.2 cm³/mol. The summed E-state index contributed by atoms with van der Waals surface area (Å²) < 4.78 is 28.2. The predicted octanol–water partition coefficient (Wildman–Crippen LogP) is 3.91. The van der Waals surface area contributed by atoms with Crippen molar-refractivity contribution in [3.8, 4) is 5.69 Å². The van der Waals surface area contributed by atoms with E-state index in [1.807, 2.05) is 30.3 Å². The highest BCUT2D eigenvalue weighted by atomic mass is 19.1. The van der Waals surface area contributed by atoms with Crippen LogP contribution in [0.25, 0.3) is 16.6 Å². The van der Waals surface area contributed by atoms with Crippen LogP contribution in [0.15, 0.2) is 54.7 Å². The van der Waals surface area contributed by atoms with Crippen molar-refractivity contribution < 1.29 is 8.78 Å². The highest BCUT2D eigenvalue weighted by Crippen LogP contribution is 2.22. The summed E-state index contributed by atoms with van der Waals surface area (Å²) in [4.78, 5) is 0. The van der Waals surface area contributed by atoms with Gasteiger partial charge in [0.2, 0.25) is 0 Å². The molecule has 2 aromatic carbocycles. The van der Waals surface area contributed by atoms with Gasteiger partial charge in [0, 0.05) is 12.3 Å². The number of aromatic nitrogens is 1. The lowest BCUT2D eigenvalue weighted by Gasteiger charge is -2.06. The van der Waals surface area contributed by atoms with Crippen LogP contribution in [0.5, 0.6) is 0 Å². The van der Waals surface area contributed by atoms with Crippen molar-refractivity contribution in [1.29, 1.82) is 0 Å². The van der Waals surface area contributed by atoms with Crippen molar-refractivity contribution in [2.75, 3.05) is 0 Å². The van der Waals surface area contributed by atoms with Gasteiger partial charge in [0.05, 0.1) is 11.2 Å². The fourth-order valence-corrected chi connectivity index (χ4v) is 1.97. The number of hydrogen-bond donors (Lipinski definition) is 0. The van der Waals surface area contributed by atoms with Gasteiger partial charge in [-0.25, -0.2) is 8.78 Å². The van der Waals surface area contributed by atoms with E-state index in [0.717, 1.165) is 17.0 Å². The Morgan fingerprint density at radius 2 is 1.71 bits per heavy atom. The highest BCUT2D eigenvalue weighted by Gasteiger charge is 2.08. The lowest BCUT2D eigenvalue weighted by atomic mass is 10.2. The topological polar surface area (TPSA) is 4.93 Å². The van der Waals surface area contributed by atoms with Crippen molar-refractivity contribution in [3.05, 3.63) is 66.4 Å². The summed E-state index contributed by atoms with van der Waals surface area (Å²) in [5.74, 6) is -1.13. The third-order valence-corrected chi connectivity index (χ3v) is 2.77. The van der Waals surface area contributed by atoms with Crippen LogP contribution in [0.3, 0.4) is 0 Å². The van der Waals surface area contributed by atoms with E-state index in [0.29, 0.717) is 5.69 Å². The Balaban J connectivity index is 2.27. The summed E-state index contributed by atoms with van der Waals surface area (Å²) in [6.45, 7) is 0. The molecule has 0 aliphatic carbocycles. The molecular weight excluding hydrogens is 220 g/mol. The lowest BCUT2D eigenvalue weighted by Crippen LogP contribution is -1.96. The van der Waals surface area contributed by atoms with Gasteiger partial charge in [-0.3, -0.25) is 0 Å². The van der Waals surface area contributed by atoms with Gasteiger partial charge in [-0.1, -0.05) is 18.2 Å². The average Bonchev–Trinajstić information content (AvgIpc) is 2.73. The first-order valence-corrected chi connectivity index (χ1v) is 5.27. The van der Waals surface area contributed by atoms with E-state index in [1.54, 1.807) is 10.8 Å². The van der Waals surface area contributed by atoms with Gasteiger partial charge >= 0.3 is 0 Å². The molecule has 0 fully saturated rings. The summed E-state index contributed by atoms with van der Waals surface area (Å²) in [7, 11) is 0. The molecule has 0 aliphatic rings. The van der Waals surface area contributed by atoms with Gasteiger partial charge in [-0.15, -0.1) is 0 Å². The first-order chi connectivity index (χ1) is 8.25. The number of fused-ring (bicyclic) bond motifs is 1. The first kappa shape index (κ1) is 10.0. The molecule has 17 heavy (non-hydrogen) atoms. The molecule has 0 saturated heterocycles. The Bertz CT molecular complexity index is 686. The van der Waals surface area contributed by atoms with Gasteiger partial charge in [0.25, 0.3) is 0 Å². The lowest BCUT2D eigenvalue weighted by molar-refractivity contribution is 0.578. The van der Waals surface area contributed by atoms with E-state index in [4.69, 9.17) is 0 Å². The van der Waals surface area contributed by atoms with Crippen LogP contribution >= 0.6 is 0 Å². The maximum Gasteiger partial charge on any atom is 0.150 e. The van der Waals surface area contributed by atoms with Crippen LogP contribution in [-0.2, 0) is 0 Å². The van der Waals surface area contributed by atoms with Gasteiger partial charge in [0.1, 0.15) is 11.6 Å². The molecule has 0 spiro atoms. The summed E-state index contributed by atoms with van der Waals surface area (Å²) in [5, 5.41) is 1.02. The quantitative estimate of drug-likeness (QED) is 0.596. The molecule has 0 saturated carbocycles. The molecule has 84 valence electrons. The number of hydrogen-bond acceptors (Lipinski definition) is 0. The molecule has 0 N–H and O–H groups in total. The van der Waals surface area contributed by atoms with Crippen molar-refractivity contribution in [2.24, 2.45) is 0 Å². The summed E-state index contributed by atoms with van der Waals surface area (Å²) in [6, 6.07) is 13.2. The van der Waals surface area contributed by atoms with E-state index in [2.05, 4.69) is 0 Å². The van der Waals surface area contributed by atoms with E-state index in [1.165, 1.54) is 12.1 Å². The van der Waals surface area contributed by atoms with Gasteiger partial charge in [-0.05, 0) is 29.7 Å². The second-order valence-electron chi connectivity index (χ2n) is 3.84. The Hall–Kier alpha value is -2.16. The number of para-hydroxylation sites is 1. The number of benzene rings is 2. The molecule has 0 aliphatic heterocycles. The molecule has 0 atom stereocenters. The van der Waals surface area contributed by atoms with E-state index in [-0.39, 0.29) is 0 Å². The van der Waals surface area contributed by atoms with Crippen LogP contribution < -0.4 is 0 Å². The normalized spacial score (nSPS) is 10.9. The molecule has 3 heteroatoms. The molecule has 0 unspecified atom stereocenters. The zero-order valence-electron chi connectivity index (χ0n) is 8.90. The van der Waals surface area contributed by atoms with Crippen molar-refractivity contribution in [1.82, 2.24) is 4.57 Å². The zero-order chi connectivity index (χ0) is 11.8. The molecule has 0 radical (unpaired) electrons. The van der Waals surface area contributed by atoms with Crippen molar-refractivity contribution >= 4 is 10.9 Å². The molecule has 1 aromatic heterocycles. The Morgan fingerprint density at radius 1 is 0.882 bits per heavy atom. The zero-order valence-corrected chi connectivity index (χ0v) is 8.90. The van der Waals surface area contributed by atoms with Crippen LogP contribution in [0.2, 0.25) is 0 Å². The minimum absolute atomic E-state index is 0.354. The Labute approximate surface area is 96.9 Å². The molecule has 3 aromatic rings. The van der Waals surface area contributed by atoms with Crippen molar-refractivity contribution in [3.63, 3.8) is 0 Å². The molecule has 3 rings (SSSR count). The average molecular weight is 229 g/mol. The third kappa shape index (κ3) is 1.60. The van der Waals surface area contributed by atoms with Gasteiger partial charge in [0.15, 0.2) is 0 Å². The second-order valence-corrected chi connectivity index (χ2v) is 3.84. The third-order valence-electron chi connectivity index (χ3n) is 2.77. The van der Waals surface area contributed by atoms with Crippen LogP contribution in [0, 0.1) is 11.6 Å². The fourth-order valence-electron chi connectivity index (χ4n) is 1.97. The van der Waals surface area contributed by atoms with E-state index in [9.17, 15) is 8.78 Å². The molecule has 0 amide bonds. The van der Waals surface area contributed by atoms with Crippen LogP contribution in [0.4, 0.5) is 8.78 Å². The monoisotopic (exact) mass is 229 g/mol. The number of halogens is 2. The SMILES string of the molecule is Fc1ccc(-n2ccc3ccccc32)c(F)c1. The first-order valence-electron chi connectivity index (χ1n) is 5.27. The standard InChI is InChI=1S/C14H9F2N/c15-11-5-6-14(12(16)9-11)17-8-7-10-3-1-2-4-13(10)17/h1-9H. The minimum atomic E-state index is -0.567. The smallest absolute Gasteiger partial charge is 0.150 e. The van der Waals surface area contributed by atoms with Gasteiger partial charge in [-0.2, -0.15) is 0 Å². The Kier molecular flexibility index (Phi) is 2.18. The largest absolute Gasteiger partial charge is 0.314 e. The summed E-state index contributed by atoms with van der Waals surface area (Å²) >= 11 is 0. The Morgan fingerprint density at radius 3 is 2.53 bits per heavy atom. The van der Waals surface area contributed by atoms with Crippen LogP contribution in [0.1, 0.15) is 0 Å². The molecule has 1 nitrogen and oxygen atoms in total. The fraction of sp³-hybridized carbons (Fsp3) is 0. The van der Waals surface area contributed by atoms with E-state index < -0.39 is 11.6 Å². The minimum Gasteiger partial charge on any atom is -0.314 e. The van der Waals surface area contributed by atoms with E-state index >= 15 is 0 Å². The van der Waals surface area contributed by atoms with Gasteiger partial charge < -0.3 is 4.57 Å². The summed E-state index contributed by atoms with van der Waals surface area (Å²) in [5.41, 5.74) is 1.26. The second kappa shape index (κ2) is 3.70. The number of rotatable bonds is 1. The highest BCUT2D eigenvalue weighted by molar-refractivity contribution is 5.81. The maximum atomic E-state index is 13.7. The molecule has 1 heterocycles. The van der Waals surface area contributed by atoms with Crippen molar-refractivity contribution in [2.45, 2.75) is 0 Å².